The molecule has 0 unspecified atom stereocenters. The Hall–Kier alpha value is -1.12. The van der Waals surface area contributed by atoms with Gasteiger partial charge < -0.3 is 9.80 Å². The maximum Gasteiger partial charge on any atom is 0.185 e. The fraction of sp³-hybridized carbons (Fsp3) is 0.714. The summed E-state index contributed by atoms with van der Waals surface area (Å²) >= 11 is 1.71. The zero-order valence-corrected chi connectivity index (χ0v) is 12.7. The van der Waals surface area contributed by atoms with Gasteiger partial charge >= 0.3 is 0 Å². The summed E-state index contributed by atoms with van der Waals surface area (Å²) in [5, 5.41) is 10.0. The van der Waals surface area contributed by atoms with Gasteiger partial charge in [-0.05, 0) is 13.0 Å². The van der Waals surface area contributed by atoms with Crippen molar-refractivity contribution in [1.82, 2.24) is 9.88 Å². The number of anilines is 1. The zero-order chi connectivity index (χ0) is 13.7. The highest BCUT2D eigenvalue weighted by Crippen LogP contribution is 2.28. The van der Waals surface area contributed by atoms with E-state index in [0.717, 1.165) is 61.3 Å². The van der Waals surface area contributed by atoms with Crippen LogP contribution in [-0.2, 0) is 12.8 Å². The van der Waals surface area contributed by atoms with E-state index < -0.39 is 0 Å². The molecule has 0 bridgehead atoms. The molecule has 0 amide bonds. The van der Waals surface area contributed by atoms with Gasteiger partial charge in [0.1, 0.15) is 0 Å². The third kappa shape index (κ3) is 3.46. The van der Waals surface area contributed by atoms with E-state index in [0.29, 0.717) is 6.42 Å². The Labute approximate surface area is 119 Å². The van der Waals surface area contributed by atoms with E-state index in [1.165, 1.54) is 0 Å². The molecule has 0 saturated carbocycles. The molecule has 0 spiro atoms. The van der Waals surface area contributed by atoms with Gasteiger partial charge in [-0.3, -0.25) is 0 Å². The highest BCUT2D eigenvalue weighted by atomic mass is 32.1. The Balaban J connectivity index is 2.08. The number of hydrogen-bond donors (Lipinski definition) is 0. The minimum absolute atomic E-state index is 0.502. The molecule has 4 nitrogen and oxygen atoms in total. The normalized spacial score (nSPS) is 16.6. The average Bonchev–Trinajstić information content (AvgIpc) is 2.83. The van der Waals surface area contributed by atoms with Crippen LogP contribution in [0.4, 0.5) is 5.13 Å². The van der Waals surface area contributed by atoms with Crippen molar-refractivity contribution < 1.29 is 0 Å². The Morgan fingerprint density at radius 3 is 2.58 bits per heavy atom. The third-order valence-electron chi connectivity index (χ3n) is 3.58. The summed E-state index contributed by atoms with van der Waals surface area (Å²) in [6.07, 6.45) is 2.58. The first-order valence-corrected chi connectivity index (χ1v) is 7.93. The predicted octanol–water partition coefficient (Wildman–Crippen LogP) is 2.30. The molecule has 2 heterocycles. The number of piperazine rings is 1. The lowest BCUT2D eigenvalue weighted by atomic mass is 10.2. The Kier molecular flexibility index (Phi) is 5.17. The largest absolute Gasteiger partial charge is 0.346 e. The van der Waals surface area contributed by atoms with Crippen molar-refractivity contribution in [1.29, 1.82) is 5.26 Å². The molecule has 1 aromatic rings. The molecular formula is C14H22N4S. The average molecular weight is 278 g/mol. The van der Waals surface area contributed by atoms with Gasteiger partial charge in [0.2, 0.25) is 0 Å². The molecule has 0 radical (unpaired) electrons. The zero-order valence-electron chi connectivity index (χ0n) is 11.9. The molecule has 2 rings (SSSR count). The highest BCUT2D eigenvalue weighted by molar-refractivity contribution is 7.15. The monoisotopic (exact) mass is 278 g/mol. The summed E-state index contributed by atoms with van der Waals surface area (Å²) in [5.74, 6) is 0. The number of aromatic nitrogens is 1. The van der Waals surface area contributed by atoms with Crippen LogP contribution < -0.4 is 4.90 Å². The van der Waals surface area contributed by atoms with E-state index in [4.69, 9.17) is 10.2 Å². The fourth-order valence-electron chi connectivity index (χ4n) is 2.40. The number of rotatable bonds is 5. The van der Waals surface area contributed by atoms with Gasteiger partial charge in [-0.1, -0.05) is 20.3 Å². The molecule has 1 aromatic heterocycles. The van der Waals surface area contributed by atoms with Crippen LogP contribution in [0.25, 0.3) is 0 Å². The quantitative estimate of drug-likeness (QED) is 0.829. The van der Waals surface area contributed by atoms with Gasteiger partial charge in [-0.2, -0.15) is 5.26 Å². The standard InChI is InChI=1S/C14H22N4S/c1-3-5-12-13(6-7-15)19-14(16-12)18-10-8-17(4-2)9-11-18/h3-6,8-11H2,1-2H3. The minimum Gasteiger partial charge on any atom is -0.346 e. The highest BCUT2D eigenvalue weighted by Gasteiger charge is 2.20. The molecule has 1 fully saturated rings. The Morgan fingerprint density at radius 1 is 1.26 bits per heavy atom. The minimum atomic E-state index is 0.502. The molecule has 19 heavy (non-hydrogen) atoms. The van der Waals surface area contributed by atoms with Crippen molar-refractivity contribution in [2.45, 2.75) is 33.1 Å². The maximum absolute atomic E-state index is 8.91. The molecule has 0 N–H and O–H groups in total. The van der Waals surface area contributed by atoms with E-state index in [9.17, 15) is 0 Å². The lowest BCUT2D eigenvalue weighted by molar-refractivity contribution is 0.271. The number of likely N-dealkylation sites (N-methyl/N-ethyl adjacent to an activating group) is 1. The lowest BCUT2D eigenvalue weighted by Crippen LogP contribution is -2.46. The molecule has 0 atom stereocenters. The smallest absolute Gasteiger partial charge is 0.185 e. The first kappa shape index (κ1) is 14.3. The number of thiazole rings is 1. The van der Waals surface area contributed by atoms with Crippen LogP contribution in [0.2, 0.25) is 0 Å². The van der Waals surface area contributed by atoms with Gasteiger partial charge in [0, 0.05) is 31.1 Å². The summed E-state index contributed by atoms with van der Waals surface area (Å²) in [5.41, 5.74) is 1.14. The number of nitrogens with zero attached hydrogens (tertiary/aromatic N) is 4. The van der Waals surface area contributed by atoms with Crippen LogP contribution in [0.1, 0.15) is 30.8 Å². The van der Waals surface area contributed by atoms with E-state index in [2.05, 4.69) is 29.7 Å². The van der Waals surface area contributed by atoms with Crippen LogP contribution >= 0.6 is 11.3 Å². The van der Waals surface area contributed by atoms with Gasteiger partial charge in [-0.15, -0.1) is 11.3 Å². The number of nitriles is 1. The van der Waals surface area contributed by atoms with Gasteiger partial charge in [0.05, 0.1) is 18.2 Å². The second kappa shape index (κ2) is 6.88. The summed E-state index contributed by atoms with van der Waals surface area (Å²) in [6, 6.07) is 2.26. The fourth-order valence-corrected chi connectivity index (χ4v) is 3.49. The van der Waals surface area contributed by atoms with Crippen LogP contribution in [0.3, 0.4) is 0 Å². The van der Waals surface area contributed by atoms with Crippen LogP contribution in [0, 0.1) is 11.3 Å². The van der Waals surface area contributed by atoms with Crippen molar-refractivity contribution in [2.24, 2.45) is 0 Å². The second-order valence-corrected chi connectivity index (χ2v) is 5.93. The van der Waals surface area contributed by atoms with Crippen molar-refractivity contribution >= 4 is 16.5 Å². The van der Waals surface area contributed by atoms with E-state index in [1.54, 1.807) is 11.3 Å². The first-order chi connectivity index (χ1) is 9.28. The van der Waals surface area contributed by atoms with E-state index in [-0.39, 0.29) is 0 Å². The van der Waals surface area contributed by atoms with E-state index >= 15 is 0 Å². The van der Waals surface area contributed by atoms with Gasteiger partial charge in [0.25, 0.3) is 0 Å². The first-order valence-electron chi connectivity index (χ1n) is 7.11. The summed E-state index contributed by atoms with van der Waals surface area (Å²) in [6.45, 7) is 9.85. The van der Waals surface area contributed by atoms with Crippen molar-refractivity contribution in [3.63, 3.8) is 0 Å². The molecule has 0 aliphatic carbocycles. The predicted molar refractivity (Wildman–Crippen MR) is 79.8 cm³/mol. The number of aryl methyl sites for hydroxylation is 1. The molecule has 0 aromatic carbocycles. The molecule has 1 aliphatic rings. The van der Waals surface area contributed by atoms with Crippen molar-refractivity contribution in [3.05, 3.63) is 10.6 Å². The van der Waals surface area contributed by atoms with Crippen LogP contribution in [-0.4, -0.2) is 42.6 Å². The second-order valence-electron chi connectivity index (χ2n) is 4.87. The topological polar surface area (TPSA) is 43.2 Å². The molecule has 5 heteroatoms. The van der Waals surface area contributed by atoms with Crippen molar-refractivity contribution in [3.8, 4) is 6.07 Å². The van der Waals surface area contributed by atoms with Crippen molar-refractivity contribution in [2.75, 3.05) is 37.6 Å². The molecule has 1 saturated heterocycles. The summed E-state index contributed by atoms with van der Waals surface area (Å²) in [7, 11) is 0. The SMILES string of the molecule is CCCc1nc(N2CCN(CC)CC2)sc1CC#N. The maximum atomic E-state index is 8.91. The molecular weight excluding hydrogens is 256 g/mol. The Bertz CT molecular complexity index is 441. The van der Waals surface area contributed by atoms with E-state index in [1.807, 2.05) is 0 Å². The van der Waals surface area contributed by atoms with Gasteiger partial charge in [0.15, 0.2) is 5.13 Å². The third-order valence-corrected chi connectivity index (χ3v) is 4.74. The summed E-state index contributed by atoms with van der Waals surface area (Å²) < 4.78 is 0. The number of hydrogen-bond acceptors (Lipinski definition) is 5. The molecule has 1 aliphatic heterocycles. The summed E-state index contributed by atoms with van der Waals surface area (Å²) in [4.78, 5) is 10.8. The Morgan fingerprint density at radius 2 is 2.00 bits per heavy atom. The van der Waals surface area contributed by atoms with Gasteiger partial charge in [-0.25, -0.2) is 4.98 Å². The molecule has 104 valence electrons. The lowest BCUT2D eigenvalue weighted by Gasteiger charge is -2.33. The van der Waals surface area contributed by atoms with Crippen LogP contribution in [0.15, 0.2) is 0 Å². The van der Waals surface area contributed by atoms with Crippen LogP contribution in [0.5, 0.6) is 0 Å².